The molecular weight excluding hydrogens is 258 g/mol. The number of hydrogen-bond donors (Lipinski definition) is 3. The topological polar surface area (TPSA) is 114 Å². The zero-order chi connectivity index (χ0) is 13.9. The van der Waals surface area contributed by atoms with Gasteiger partial charge in [-0.3, -0.25) is 0 Å². The van der Waals surface area contributed by atoms with E-state index in [-0.39, 0.29) is 5.75 Å². The maximum Gasteiger partial charge on any atom is 0.244 e. The highest BCUT2D eigenvalue weighted by Crippen LogP contribution is 2.19. The van der Waals surface area contributed by atoms with Gasteiger partial charge in [-0.1, -0.05) is 17.3 Å². The number of aromatic amines is 1. The van der Waals surface area contributed by atoms with Gasteiger partial charge in [0.05, 0.1) is 6.04 Å². The zero-order valence-corrected chi connectivity index (χ0v) is 10.5. The Balaban J connectivity index is 1.74. The summed E-state index contributed by atoms with van der Waals surface area (Å²) in [5.74, 6) is 1.49. The molecular formula is C13H13N5O2. The third-order valence-electron chi connectivity index (χ3n) is 2.86. The fourth-order valence-corrected chi connectivity index (χ4v) is 1.84. The molecule has 0 saturated carbocycles. The van der Waals surface area contributed by atoms with Gasteiger partial charge in [-0.15, -0.1) is 0 Å². The lowest BCUT2D eigenvalue weighted by atomic mass is 10.1. The van der Waals surface area contributed by atoms with Crippen molar-refractivity contribution in [2.75, 3.05) is 0 Å². The number of aromatic nitrogens is 4. The summed E-state index contributed by atoms with van der Waals surface area (Å²) in [6.45, 7) is 0. The fourth-order valence-electron chi connectivity index (χ4n) is 1.84. The average molecular weight is 271 g/mol. The van der Waals surface area contributed by atoms with E-state index in [9.17, 15) is 5.11 Å². The Morgan fingerprint density at radius 3 is 2.80 bits per heavy atom. The number of H-pyrrole nitrogens is 1. The van der Waals surface area contributed by atoms with Crippen LogP contribution >= 0.6 is 0 Å². The summed E-state index contributed by atoms with van der Waals surface area (Å²) in [4.78, 5) is 11.2. The first kappa shape index (κ1) is 12.4. The first-order valence-electron chi connectivity index (χ1n) is 6.09. The summed E-state index contributed by atoms with van der Waals surface area (Å²) in [6, 6.07) is 6.43. The third-order valence-corrected chi connectivity index (χ3v) is 2.86. The van der Waals surface area contributed by atoms with Crippen LogP contribution in [-0.2, 0) is 6.42 Å². The summed E-state index contributed by atoms with van der Waals surface area (Å²) < 4.78 is 5.15. The summed E-state index contributed by atoms with van der Waals surface area (Å²) in [6.07, 6.45) is 3.84. The molecule has 1 unspecified atom stereocenters. The van der Waals surface area contributed by atoms with Gasteiger partial charge in [-0.25, -0.2) is 4.98 Å². The molecule has 2 heterocycles. The largest absolute Gasteiger partial charge is 0.508 e. The van der Waals surface area contributed by atoms with Crippen LogP contribution in [0.3, 0.4) is 0 Å². The van der Waals surface area contributed by atoms with Gasteiger partial charge in [0.2, 0.25) is 11.7 Å². The summed E-state index contributed by atoms with van der Waals surface area (Å²) >= 11 is 0. The molecule has 102 valence electrons. The molecule has 0 aliphatic heterocycles. The predicted octanol–water partition coefficient (Wildman–Crippen LogP) is 1.41. The lowest BCUT2D eigenvalue weighted by Gasteiger charge is -2.06. The average Bonchev–Trinajstić information content (AvgIpc) is 3.11. The molecule has 0 amide bonds. The van der Waals surface area contributed by atoms with E-state index < -0.39 is 6.04 Å². The van der Waals surface area contributed by atoms with Crippen molar-refractivity contribution in [1.29, 1.82) is 0 Å². The molecule has 0 radical (unpaired) electrons. The van der Waals surface area contributed by atoms with Gasteiger partial charge in [-0.05, 0) is 24.1 Å². The number of imidazole rings is 1. The van der Waals surface area contributed by atoms with Crippen LogP contribution in [0.1, 0.15) is 17.5 Å². The molecule has 0 fully saturated rings. The van der Waals surface area contributed by atoms with E-state index in [1.165, 1.54) is 0 Å². The van der Waals surface area contributed by atoms with E-state index in [0.717, 1.165) is 5.56 Å². The van der Waals surface area contributed by atoms with Crippen molar-refractivity contribution in [2.45, 2.75) is 12.5 Å². The maximum atomic E-state index is 9.23. The van der Waals surface area contributed by atoms with Crippen molar-refractivity contribution < 1.29 is 9.63 Å². The molecule has 7 nitrogen and oxygen atoms in total. The molecule has 0 saturated heterocycles. The Morgan fingerprint density at radius 1 is 1.30 bits per heavy atom. The number of rotatable bonds is 4. The van der Waals surface area contributed by atoms with E-state index in [4.69, 9.17) is 10.3 Å². The van der Waals surface area contributed by atoms with Crippen molar-refractivity contribution >= 4 is 0 Å². The molecule has 0 bridgehead atoms. The lowest BCUT2D eigenvalue weighted by Crippen LogP contribution is -2.13. The number of nitrogens with one attached hydrogen (secondary N) is 1. The number of aromatic hydroxyl groups is 1. The quantitative estimate of drug-likeness (QED) is 0.661. The van der Waals surface area contributed by atoms with Gasteiger partial charge in [0, 0.05) is 12.4 Å². The second kappa shape index (κ2) is 5.14. The van der Waals surface area contributed by atoms with Gasteiger partial charge in [0.15, 0.2) is 5.82 Å². The molecule has 2 aromatic heterocycles. The van der Waals surface area contributed by atoms with E-state index in [1.54, 1.807) is 36.7 Å². The predicted molar refractivity (Wildman–Crippen MR) is 70.6 cm³/mol. The van der Waals surface area contributed by atoms with Gasteiger partial charge in [-0.2, -0.15) is 4.98 Å². The second-order valence-electron chi connectivity index (χ2n) is 4.37. The Labute approximate surface area is 114 Å². The molecule has 1 atom stereocenters. The molecule has 1 aromatic carbocycles. The third kappa shape index (κ3) is 2.52. The Morgan fingerprint density at radius 2 is 2.10 bits per heavy atom. The van der Waals surface area contributed by atoms with Crippen LogP contribution in [0, 0.1) is 0 Å². The van der Waals surface area contributed by atoms with Crippen molar-refractivity contribution in [1.82, 2.24) is 20.1 Å². The SMILES string of the molecule is NC(Cc1ccc(O)cc1)c1nc(-c2ncc[nH]2)no1. The van der Waals surface area contributed by atoms with Crippen molar-refractivity contribution in [2.24, 2.45) is 5.73 Å². The number of hydrogen-bond acceptors (Lipinski definition) is 6. The molecule has 0 spiro atoms. The van der Waals surface area contributed by atoms with Crippen LogP contribution in [-0.4, -0.2) is 25.2 Å². The molecule has 3 rings (SSSR count). The van der Waals surface area contributed by atoms with Crippen LogP contribution in [0.2, 0.25) is 0 Å². The summed E-state index contributed by atoms with van der Waals surface area (Å²) in [5, 5.41) is 13.1. The molecule has 4 N–H and O–H groups in total. The monoisotopic (exact) mass is 271 g/mol. The van der Waals surface area contributed by atoms with E-state index in [0.29, 0.717) is 24.0 Å². The molecule has 0 aliphatic rings. The number of nitrogens with zero attached hydrogens (tertiary/aromatic N) is 3. The van der Waals surface area contributed by atoms with Gasteiger partial charge in [0.25, 0.3) is 0 Å². The molecule has 7 heteroatoms. The molecule has 3 aromatic rings. The van der Waals surface area contributed by atoms with E-state index in [1.807, 2.05) is 0 Å². The van der Waals surface area contributed by atoms with Crippen LogP contribution in [0.4, 0.5) is 0 Å². The van der Waals surface area contributed by atoms with Crippen LogP contribution < -0.4 is 5.73 Å². The second-order valence-corrected chi connectivity index (χ2v) is 4.37. The highest BCUT2D eigenvalue weighted by atomic mass is 16.5. The van der Waals surface area contributed by atoms with Crippen LogP contribution in [0.15, 0.2) is 41.2 Å². The molecule has 20 heavy (non-hydrogen) atoms. The fraction of sp³-hybridized carbons (Fsp3) is 0.154. The van der Waals surface area contributed by atoms with Gasteiger partial charge in [0.1, 0.15) is 5.75 Å². The number of nitrogens with two attached hydrogens (primary N) is 1. The number of phenols is 1. The highest BCUT2D eigenvalue weighted by molar-refractivity contribution is 5.40. The van der Waals surface area contributed by atoms with E-state index in [2.05, 4.69) is 20.1 Å². The maximum absolute atomic E-state index is 9.23. The van der Waals surface area contributed by atoms with Crippen molar-refractivity contribution in [3.63, 3.8) is 0 Å². The Bertz CT molecular complexity index is 675. The van der Waals surface area contributed by atoms with Crippen molar-refractivity contribution in [3.8, 4) is 17.4 Å². The number of phenolic OH excluding ortho intramolecular Hbond substituents is 1. The summed E-state index contributed by atoms with van der Waals surface area (Å²) in [5.41, 5.74) is 7.02. The molecule has 0 aliphatic carbocycles. The minimum atomic E-state index is -0.407. The summed E-state index contributed by atoms with van der Waals surface area (Å²) in [7, 11) is 0. The zero-order valence-electron chi connectivity index (χ0n) is 10.5. The standard InChI is InChI=1S/C13H13N5O2/c14-10(7-8-1-3-9(19)4-2-8)13-17-12(18-20-13)11-15-5-6-16-11/h1-6,10,19H,7,14H2,(H,15,16). The highest BCUT2D eigenvalue weighted by Gasteiger charge is 2.17. The van der Waals surface area contributed by atoms with Gasteiger partial charge >= 0.3 is 0 Å². The first-order valence-corrected chi connectivity index (χ1v) is 6.09. The van der Waals surface area contributed by atoms with Gasteiger partial charge < -0.3 is 20.3 Å². The normalized spacial score (nSPS) is 12.4. The number of benzene rings is 1. The lowest BCUT2D eigenvalue weighted by molar-refractivity contribution is 0.354. The first-order chi connectivity index (χ1) is 9.72. The smallest absolute Gasteiger partial charge is 0.244 e. The minimum absolute atomic E-state index is 0.222. The van der Waals surface area contributed by atoms with E-state index >= 15 is 0 Å². The van der Waals surface area contributed by atoms with Crippen molar-refractivity contribution in [3.05, 3.63) is 48.1 Å². The minimum Gasteiger partial charge on any atom is -0.508 e. The Kier molecular flexibility index (Phi) is 3.18. The van der Waals surface area contributed by atoms with Crippen LogP contribution in [0.25, 0.3) is 11.6 Å². The Hall–Kier alpha value is -2.67. The van der Waals surface area contributed by atoms with Crippen LogP contribution in [0.5, 0.6) is 5.75 Å².